The van der Waals surface area contributed by atoms with Gasteiger partial charge in [0.05, 0.1) is 16.8 Å². The first-order chi connectivity index (χ1) is 12.1. The van der Waals surface area contributed by atoms with Gasteiger partial charge in [-0.1, -0.05) is 23.7 Å². The Morgan fingerprint density at radius 2 is 1.70 bits per heavy atom. The van der Waals surface area contributed by atoms with E-state index in [0.29, 0.717) is 5.56 Å². The summed E-state index contributed by atoms with van der Waals surface area (Å²) in [7, 11) is 0. The van der Waals surface area contributed by atoms with Crippen LogP contribution in [-0.2, 0) is 11.0 Å². The number of carbonyl (C=O) groups excluding carboxylic acids is 1. The number of benzene rings is 2. The van der Waals surface area contributed by atoms with Crippen LogP contribution in [0.3, 0.4) is 0 Å². The van der Waals surface area contributed by atoms with Crippen molar-refractivity contribution in [2.75, 3.05) is 5.32 Å². The van der Waals surface area contributed by atoms with Crippen LogP contribution in [0.15, 0.2) is 48.0 Å². The average Bonchev–Trinajstić information content (AvgIpc) is 2.54. The van der Waals surface area contributed by atoms with Gasteiger partial charge in [-0.15, -0.1) is 0 Å². The van der Waals surface area contributed by atoms with Crippen LogP contribution in [0.5, 0.6) is 0 Å². The van der Waals surface area contributed by atoms with Gasteiger partial charge < -0.3 is 10.4 Å². The van der Waals surface area contributed by atoms with E-state index in [-0.39, 0.29) is 40.7 Å². The molecule has 0 aliphatic rings. The zero-order chi connectivity index (χ0) is 19.5. The van der Waals surface area contributed by atoms with Crippen molar-refractivity contribution in [1.29, 1.82) is 0 Å². The summed E-state index contributed by atoms with van der Waals surface area (Å²) >= 11 is 5.82. The summed E-state index contributed by atoms with van der Waals surface area (Å²) in [6, 6.07) is 8.24. The Labute approximate surface area is 170 Å². The molecule has 0 heterocycles. The first-order valence-electron chi connectivity index (χ1n) is 7.27. The van der Waals surface area contributed by atoms with Gasteiger partial charge in [-0.05, 0) is 48.9 Å². The van der Waals surface area contributed by atoms with Crippen LogP contribution in [0.4, 0.5) is 18.9 Å². The zero-order valence-corrected chi connectivity index (χ0v) is 14.2. The maximum absolute atomic E-state index is 12.6. The van der Waals surface area contributed by atoms with Crippen molar-refractivity contribution in [1.82, 2.24) is 0 Å². The van der Waals surface area contributed by atoms with Crippen molar-refractivity contribution in [3.8, 4) is 0 Å². The number of alkyl halides is 3. The second kappa shape index (κ2) is 9.13. The Bertz CT molecular complexity index is 880. The second-order valence-corrected chi connectivity index (χ2v) is 5.83. The van der Waals surface area contributed by atoms with Gasteiger partial charge in [0.2, 0.25) is 0 Å². The van der Waals surface area contributed by atoms with Gasteiger partial charge in [-0.2, -0.15) is 13.2 Å². The molecule has 0 saturated heterocycles. The summed E-state index contributed by atoms with van der Waals surface area (Å²) in [6.07, 6.45) is -3.05. The first-order valence-corrected chi connectivity index (χ1v) is 7.65. The van der Waals surface area contributed by atoms with Crippen LogP contribution in [-0.4, -0.2) is 35.8 Å². The van der Waals surface area contributed by atoms with Crippen LogP contribution in [0.25, 0.3) is 6.08 Å². The van der Waals surface area contributed by atoms with Crippen LogP contribution in [0, 0.1) is 0 Å². The third kappa shape index (κ3) is 6.17. The fourth-order valence-electron chi connectivity index (χ4n) is 2.11. The van der Waals surface area contributed by atoms with E-state index in [1.165, 1.54) is 43.3 Å². The number of hydrogen-bond acceptors (Lipinski definition) is 2. The molecule has 2 aromatic rings. The molecule has 2 rings (SSSR count). The number of rotatable bonds is 4. The van der Waals surface area contributed by atoms with Crippen molar-refractivity contribution < 1.29 is 27.9 Å². The first kappa shape index (κ1) is 22.8. The molecule has 9 heteroatoms. The Morgan fingerprint density at radius 3 is 2.22 bits per heavy atom. The Morgan fingerprint density at radius 1 is 1.11 bits per heavy atom. The fraction of sp³-hybridized carbons (Fsp3) is 0.111. The molecule has 0 aromatic heterocycles. The van der Waals surface area contributed by atoms with Crippen molar-refractivity contribution in [3.63, 3.8) is 0 Å². The molecule has 0 bridgehead atoms. The molecule has 0 atom stereocenters. The summed E-state index contributed by atoms with van der Waals surface area (Å²) in [4.78, 5) is 23.4. The number of anilines is 1. The maximum atomic E-state index is 12.6. The van der Waals surface area contributed by atoms with E-state index in [9.17, 15) is 22.8 Å². The topological polar surface area (TPSA) is 66.4 Å². The van der Waals surface area contributed by atoms with E-state index < -0.39 is 23.6 Å². The zero-order valence-electron chi connectivity index (χ0n) is 13.4. The third-order valence-electron chi connectivity index (χ3n) is 3.44. The quantitative estimate of drug-likeness (QED) is 0.597. The standard InChI is InChI=1S/C18H13ClF3NO3.Li.H/c1-10(8-11-2-4-12(5-3-11)18(20,21)22)16(24)23-15-9-13(19)6-7-14(15)17(25)26;;/h2-9H,1H3,(H,23,24)(H,25,26);;. The van der Waals surface area contributed by atoms with E-state index in [1.54, 1.807) is 0 Å². The summed E-state index contributed by atoms with van der Waals surface area (Å²) < 4.78 is 37.7. The average molecular weight is 392 g/mol. The van der Waals surface area contributed by atoms with E-state index in [4.69, 9.17) is 16.7 Å². The number of nitrogens with one attached hydrogen (secondary N) is 1. The predicted molar refractivity (Wildman–Crippen MR) is 99.3 cm³/mol. The summed E-state index contributed by atoms with van der Waals surface area (Å²) in [5.41, 5.74) is -0.321. The van der Waals surface area contributed by atoms with Crippen molar-refractivity contribution in [3.05, 3.63) is 69.8 Å². The van der Waals surface area contributed by atoms with Gasteiger partial charge in [0.15, 0.2) is 0 Å². The minimum atomic E-state index is -4.44. The molecule has 0 saturated carbocycles. The molecule has 2 N–H and O–H groups in total. The molecule has 0 aliphatic heterocycles. The number of carboxylic acids is 1. The number of hydrogen-bond donors (Lipinski definition) is 2. The molecular weight excluding hydrogens is 378 g/mol. The Kier molecular flexibility index (Phi) is 7.73. The molecule has 2 aromatic carbocycles. The van der Waals surface area contributed by atoms with Crippen LogP contribution in [0.1, 0.15) is 28.4 Å². The van der Waals surface area contributed by atoms with Gasteiger partial charge in [0, 0.05) is 10.6 Å². The van der Waals surface area contributed by atoms with Crippen molar-refractivity contribution >= 4 is 54.1 Å². The number of amides is 1. The molecule has 0 unspecified atom stereocenters. The van der Waals surface area contributed by atoms with Crippen LogP contribution >= 0.6 is 11.6 Å². The SMILES string of the molecule is CC(=Cc1ccc(C(F)(F)F)cc1)C(=O)Nc1cc(Cl)ccc1C(=O)O.[LiH]. The number of aromatic carboxylic acids is 1. The van der Waals surface area contributed by atoms with Gasteiger partial charge in [-0.3, -0.25) is 4.79 Å². The molecule has 138 valence electrons. The molecule has 0 radical (unpaired) electrons. The van der Waals surface area contributed by atoms with Crippen LogP contribution in [0.2, 0.25) is 5.02 Å². The van der Waals surface area contributed by atoms with Gasteiger partial charge in [0.25, 0.3) is 5.91 Å². The van der Waals surface area contributed by atoms with Crippen molar-refractivity contribution in [2.24, 2.45) is 0 Å². The third-order valence-corrected chi connectivity index (χ3v) is 3.67. The Hall–Kier alpha value is -2.20. The van der Waals surface area contributed by atoms with E-state index in [2.05, 4.69) is 5.32 Å². The Balaban J connectivity index is 0.00000364. The van der Waals surface area contributed by atoms with Gasteiger partial charge in [0.1, 0.15) is 0 Å². The van der Waals surface area contributed by atoms with Crippen molar-refractivity contribution in [2.45, 2.75) is 13.1 Å². The summed E-state index contributed by atoms with van der Waals surface area (Å²) in [6.45, 7) is 1.46. The molecule has 0 aliphatic carbocycles. The second-order valence-electron chi connectivity index (χ2n) is 5.40. The molecule has 1 amide bonds. The molecule has 27 heavy (non-hydrogen) atoms. The number of halogens is 4. The van der Waals surface area contributed by atoms with E-state index >= 15 is 0 Å². The van der Waals surface area contributed by atoms with E-state index in [1.807, 2.05) is 0 Å². The number of carbonyl (C=O) groups is 2. The normalized spacial score (nSPS) is 11.5. The molecule has 0 spiro atoms. The monoisotopic (exact) mass is 391 g/mol. The minimum absolute atomic E-state index is 0. The summed E-state index contributed by atoms with van der Waals surface area (Å²) in [5, 5.41) is 11.8. The van der Waals surface area contributed by atoms with Gasteiger partial charge in [-0.25, -0.2) is 4.79 Å². The molecule has 4 nitrogen and oxygen atoms in total. The molecular formula is C18H14ClF3LiNO3. The van der Waals surface area contributed by atoms with E-state index in [0.717, 1.165) is 12.1 Å². The fourth-order valence-corrected chi connectivity index (χ4v) is 2.28. The molecule has 0 fully saturated rings. The van der Waals surface area contributed by atoms with Crippen LogP contribution < -0.4 is 5.32 Å². The number of carboxylic acid groups (broad SMARTS) is 1. The summed E-state index contributed by atoms with van der Waals surface area (Å²) in [5.74, 6) is -1.84. The van der Waals surface area contributed by atoms with Gasteiger partial charge >= 0.3 is 31.0 Å². The predicted octanol–water partition coefficient (Wildman–Crippen LogP) is 4.45.